The maximum Gasteiger partial charge on any atom is 0.249 e. The molecule has 1 aromatic carbocycles. The van der Waals surface area contributed by atoms with Crippen molar-refractivity contribution in [2.45, 2.75) is 13.0 Å². The number of ether oxygens (including phenoxy) is 1. The van der Waals surface area contributed by atoms with Crippen LogP contribution in [0.3, 0.4) is 0 Å². The lowest BCUT2D eigenvalue weighted by Gasteiger charge is -2.39. The standard InChI is InChI=1S/C14H15N5O2/c1-9(2)14(20)19-7-12(8-19)21-11-5-3-10(4-6-11)13-15-17-18-16-13/h3-6,12H,1,7-8H2,2H3,(H,15,16,17,18). The molecular formula is C14H15N5O2. The van der Waals surface area contributed by atoms with Crippen LogP contribution >= 0.6 is 0 Å². The number of H-pyrrole nitrogens is 1. The molecule has 1 N–H and O–H groups in total. The molecule has 1 amide bonds. The van der Waals surface area contributed by atoms with Gasteiger partial charge in [0.25, 0.3) is 0 Å². The SMILES string of the molecule is C=C(C)C(=O)N1CC(Oc2ccc(-c3nn[nH]n3)cc2)C1. The molecule has 0 bridgehead atoms. The Labute approximate surface area is 121 Å². The minimum absolute atomic E-state index is 0.0118. The Morgan fingerprint density at radius 2 is 2.10 bits per heavy atom. The molecule has 7 nitrogen and oxygen atoms in total. The molecule has 1 aromatic heterocycles. The molecule has 0 saturated carbocycles. The summed E-state index contributed by atoms with van der Waals surface area (Å²) in [6.07, 6.45) is 0.0318. The van der Waals surface area contributed by atoms with Gasteiger partial charge in [-0.1, -0.05) is 6.58 Å². The van der Waals surface area contributed by atoms with Crippen molar-refractivity contribution in [2.75, 3.05) is 13.1 Å². The molecule has 1 aliphatic heterocycles. The van der Waals surface area contributed by atoms with Crippen molar-refractivity contribution >= 4 is 5.91 Å². The number of carbonyl (C=O) groups excluding carboxylic acids is 1. The first-order valence-electron chi connectivity index (χ1n) is 6.59. The van der Waals surface area contributed by atoms with E-state index in [4.69, 9.17) is 4.74 Å². The quantitative estimate of drug-likeness (QED) is 0.848. The average molecular weight is 285 g/mol. The summed E-state index contributed by atoms with van der Waals surface area (Å²) in [5.74, 6) is 1.29. The number of aromatic nitrogens is 4. The van der Waals surface area contributed by atoms with Crippen molar-refractivity contribution in [3.63, 3.8) is 0 Å². The lowest BCUT2D eigenvalue weighted by atomic mass is 10.1. The van der Waals surface area contributed by atoms with Gasteiger partial charge in [0.05, 0.1) is 13.1 Å². The molecule has 0 atom stereocenters. The maximum atomic E-state index is 11.6. The fourth-order valence-corrected chi connectivity index (χ4v) is 2.11. The number of tetrazole rings is 1. The molecule has 1 saturated heterocycles. The van der Waals surface area contributed by atoms with Crippen LogP contribution in [-0.4, -0.2) is 50.6 Å². The molecule has 1 aliphatic rings. The molecule has 1 fully saturated rings. The number of carbonyl (C=O) groups is 1. The lowest BCUT2D eigenvalue weighted by Crippen LogP contribution is -2.56. The second-order valence-corrected chi connectivity index (χ2v) is 4.99. The van der Waals surface area contributed by atoms with Crippen molar-refractivity contribution in [3.8, 4) is 17.1 Å². The smallest absolute Gasteiger partial charge is 0.249 e. The number of aromatic amines is 1. The number of hydrogen-bond acceptors (Lipinski definition) is 5. The number of hydrogen-bond donors (Lipinski definition) is 1. The number of rotatable bonds is 4. The Bertz CT molecular complexity index is 645. The fraction of sp³-hybridized carbons (Fsp3) is 0.286. The van der Waals surface area contributed by atoms with E-state index in [1.54, 1.807) is 11.8 Å². The van der Waals surface area contributed by atoms with Crippen molar-refractivity contribution in [1.82, 2.24) is 25.5 Å². The predicted molar refractivity (Wildman–Crippen MR) is 75.4 cm³/mol. The average Bonchev–Trinajstić information content (AvgIpc) is 2.96. The molecule has 0 radical (unpaired) electrons. The zero-order valence-electron chi connectivity index (χ0n) is 11.6. The van der Waals surface area contributed by atoms with Crippen LogP contribution in [0.2, 0.25) is 0 Å². The topological polar surface area (TPSA) is 84.0 Å². The first kappa shape index (κ1) is 13.3. The van der Waals surface area contributed by atoms with Gasteiger partial charge >= 0.3 is 0 Å². The van der Waals surface area contributed by atoms with Crippen LogP contribution in [0.1, 0.15) is 6.92 Å². The zero-order chi connectivity index (χ0) is 14.8. The Morgan fingerprint density at radius 1 is 1.38 bits per heavy atom. The molecule has 108 valence electrons. The highest BCUT2D eigenvalue weighted by Gasteiger charge is 2.32. The zero-order valence-corrected chi connectivity index (χ0v) is 11.6. The summed E-state index contributed by atoms with van der Waals surface area (Å²) in [5.41, 5.74) is 1.42. The summed E-state index contributed by atoms with van der Waals surface area (Å²) < 4.78 is 5.79. The number of amides is 1. The van der Waals surface area contributed by atoms with Crippen LogP contribution in [0, 0.1) is 0 Å². The van der Waals surface area contributed by atoms with Gasteiger partial charge in [0.15, 0.2) is 0 Å². The molecule has 3 rings (SSSR count). The Hall–Kier alpha value is -2.70. The number of nitrogens with one attached hydrogen (secondary N) is 1. The molecule has 2 aromatic rings. The van der Waals surface area contributed by atoms with Gasteiger partial charge in [0, 0.05) is 11.1 Å². The summed E-state index contributed by atoms with van der Waals surface area (Å²) in [6, 6.07) is 7.45. The minimum Gasteiger partial charge on any atom is -0.487 e. The number of likely N-dealkylation sites (tertiary alicyclic amines) is 1. The van der Waals surface area contributed by atoms with Crippen LogP contribution in [0.4, 0.5) is 0 Å². The van der Waals surface area contributed by atoms with Gasteiger partial charge in [0.1, 0.15) is 11.9 Å². The normalized spacial score (nSPS) is 14.6. The largest absolute Gasteiger partial charge is 0.487 e. The molecule has 21 heavy (non-hydrogen) atoms. The van der Waals surface area contributed by atoms with Gasteiger partial charge in [0.2, 0.25) is 11.7 Å². The second-order valence-electron chi connectivity index (χ2n) is 4.99. The maximum absolute atomic E-state index is 11.6. The van der Waals surface area contributed by atoms with Crippen molar-refractivity contribution < 1.29 is 9.53 Å². The highest BCUT2D eigenvalue weighted by Crippen LogP contribution is 2.22. The van der Waals surface area contributed by atoms with Crippen LogP contribution in [-0.2, 0) is 4.79 Å². The third kappa shape index (κ3) is 2.76. The van der Waals surface area contributed by atoms with Gasteiger partial charge in [-0.05, 0) is 36.4 Å². The van der Waals surface area contributed by atoms with Crippen molar-refractivity contribution in [2.24, 2.45) is 0 Å². The van der Waals surface area contributed by atoms with Crippen LogP contribution < -0.4 is 4.74 Å². The molecule has 0 spiro atoms. The third-order valence-corrected chi connectivity index (χ3v) is 3.26. The first-order valence-corrected chi connectivity index (χ1v) is 6.59. The summed E-state index contributed by atoms with van der Waals surface area (Å²) in [6.45, 7) is 6.56. The molecule has 0 aliphatic carbocycles. The predicted octanol–water partition coefficient (Wildman–Crippen LogP) is 1.03. The third-order valence-electron chi connectivity index (χ3n) is 3.26. The van der Waals surface area contributed by atoms with E-state index in [0.29, 0.717) is 24.5 Å². The second kappa shape index (κ2) is 5.35. The van der Waals surface area contributed by atoms with E-state index in [0.717, 1.165) is 11.3 Å². The Kier molecular flexibility index (Phi) is 3.39. The van der Waals surface area contributed by atoms with Gasteiger partial charge in [-0.25, -0.2) is 0 Å². The fourth-order valence-electron chi connectivity index (χ4n) is 2.11. The highest BCUT2D eigenvalue weighted by molar-refractivity contribution is 5.92. The molecule has 2 heterocycles. The van der Waals surface area contributed by atoms with Gasteiger partial charge in [-0.2, -0.15) is 5.21 Å². The minimum atomic E-state index is -0.0118. The highest BCUT2D eigenvalue weighted by atomic mass is 16.5. The molecular weight excluding hydrogens is 270 g/mol. The van der Waals surface area contributed by atoms with Crippen LogP contribution in [0.25, 0.3) is 11.4 Å². The van der Waals surface area contributed by atoms with Gasteiger partial charge in [-0.3, -0.25) is 4.79 Å². The Balaban J connectivity index is 1.56. The van der Waals surface area contributed by atoms with E-state index < -0.39 is 0 Å². The van der Waals surface area contributed by atoms with E-state index in [1.807, 2.05) is 24.3 Å². The van der Waals surface area contributed by atoms with E-state index >= 15 is 0 Å². The summed E-state index contributed by atoms with van der Waals surface area (Å²) in [4.78, 5) is 13.4. The van der Waals surface area contributed by atoms with E-state index in [2.05, 4.69) is 27.2 Å². The summed E-state index contributed by atoms with van der Waals surface area (Å²) >= 11 is 0. The molecule has 0 unspecified atom stereocenters. The van der Waals surface area contributed by atoms with Crippen LogP contribution in [0.15, 0.2) is 36.4 Å². The van der Waals surface area contributed by atoms with Gasteiger partial charge < -0.3 is 9.64 Å². The van der Waals surface area contributed by atoms with E-state index in [-0.39, 0.29) is 12.0 Å². The number of benzene rings is 1. The van der Waals surface area contributed by atoms with Crippen molar-refractivity contribution in [3.05, 3.63) is 36.4 Å². The Morgan fingerprint density at radius 3 is 2.67 bits per heavy atom. The van der Waals surface area contributed by atoms with E-state index in [9.17, 15) is 4.79 Å². The van der Waals surface area contributed by atoms with Crippen molar-refractivity contribution in [1.29, 1.82) is 0 Å². The number of nitrogens with zero attached hydrogens (tertiary/aromatic N) is 4. The van der Waals surface area contributed by atoms with Gasteiger partial charge in [-0.15, -0.1) is 10.2 Å². The lowest BCUT2D eigenvalue weighted by molar-refractivity contribution is -0.135. The first-order chi connectivity index (χ1) is 10.1. The van der Waals surface area contributed by atoms with Crippen LogP contribution in [0.5, 0.6) is 5.75 Å². The van der Waals surface area contributed by atoms with E-state index in [1.165, 1.54) is 0 Å². The summed E-state index contributed by atoms with van der Waals surface area (Å²) in [5, 5.41) is 13.7. The monoisotopic (exact) mass is 285 g/mol. The molecule has 7 heteroatoms. The summed E-state index contributed by atoms with van der Waals surface area (Å²) in [7, 11) is 0.